The maximum Gasteiger partial charge on any atom is 0.573 e. The Morgan fingerprint density at radius 1 is 1.41 bits per heavy atom. The molecule has 0 heterocycles. The third kappa shape index (κ3) is 4.79. The average Bonchev–Trinajstić information content (AvgIpc) is 2.14. The van der Waals surface area contributed by atoms with Gasteiger partial charge in [0.2, 0.25) is 0 Å². The summed E-state index contributed by atoms with van der Waals surface area (Å²) in [7, 11) is 0. The molecule has 0 aliphatic heterocycles. The van der Waals surface area contributed by atoms with Crippen LogP contribution in [0.3, 0.4) is 0 Å². The first-order valence-corrected chi connectivity index (χ1v) is 5.54. The highest BCUT2D eigenvalue weighted by Gasteiger charge is 2.31. The van der Waals surface area contributed by atoms with Crippen LogP contribution in [-0.4, -0.2) is 6.36 Å². The molecule has 0 saturated heterocycles. The summed E-state index contributed by atoms with van der Waals surface area (Å²) >= 11 is 3.11. The molecule has 17 heavy (non-hydrogen) atoms. The molecule has 1 rings (SSSR count). The van der Waals surface area contributed by atoms with Gasteiger partial charge in [-0.25, -0.2) is 0 Å². The summed E-state index contributed by atoms with van der Waals surface area (Å²) in [4.78, 5) is 0. The molecule has 2 N–H and O–H groups in total. The maximum atomic E-state index is 12.1. The number of alkyl halides is 3. The zero-order chi connectivity index (χ0) is 13.1. The Bertz CT molecular complexity index is 406. The SMILES string of the molecule is C=CC[C@@H](N)c1cc(Br)cc(OC(F)(F)F)c1. The lowest BCUT2D eigenvalue weighted by Crippen LogP contribution is -2.17. The standard InChI is InChI=1S/C11H11BrF3NO/c1-2-3-10(16)7-4-8(12)6-9(5-7)17-11(13,14)15/h2,4-6,10H,1,3,16H2/t10-/m1/s1. The first-order valence-electron chi connectivity index (χ1n) is 4.74. The van der Waals surface area contributed by atoms with Crippen molar-refractivity contribution in [2.75, 3.05) is 0 Å². The molecule has 0 bridgehead atoms. The van der Waals surface area contributed by atoms with E-state index in [0.717, 1.165) is 0 Å². The van der Waals surface area contributed by atoms with E-state index in [-0.39, 0.29) is 5.75 Å². The smallest absolute Gasteiger partial charge is 0.406 e. The number of hydrogen-bond donors (Lipinski definition) is 1. The maximum absolute atomic E-state index is 12.1. The Kier molecular flexibility index (Phi) is 4.59. The average molecular weight is 310 g/mol. The number of benzene rings is 1. The third-order valence-electron chi connectivity index (χ3n) is 1.98. The van der Waals surface area contributed by atoms with Gasteiger partial charge in [-0.05, 0) is 30.2 Å². The summed E-state index contributed by atoms with van der Waals surface area (Å²) in [6, 6.07) is 3.75. The Labute approximate surface area is 105 Å². The van der Waals surface area contributed by atoms with Crippen LogP contribution in [-0.2, 0) is 0 Å². The van der Waals surface area contributed by atoms with Gasteiger partial charge < -0.3 is 10.5 Å². The number of hydrogen-bond acceptors (Lipinski definition) is 2. The molecule has 0 aliphatic rings. The summed E-state index contributed by atoms with van der Waals surface area (Å²) in [5, 5.41) is 0. The zero-order valence-corrected chi connectivity index (χ0v) is 10.4. The van der Waals surface area contributed by atoms with Crippen LogP contribution < -0.4 is 10.5 Å². The van der Waals surface area contributed by atoms with Crippen molar-refractivity contribution in [3.05, 3.63) is 40.9 Å². The van der Waals surface area contributed by atoms with E-state index in [1.807, 2.05) is 0 Å². The van der Waals surface area contributed by atoms with E-state index < -0.39 is 12.4 Å². The van der Waals surface area contributed by atoms with Crippen molar-refractivity contribution in [2.24, 2.45) is 5.73 Å². The second kappa shape index (κ2) is 5.55. The Balaban J connectivity index is 2.97. The fourth-order valence-corrected chi connectivity index (χ4v) is 1.80. The first-order chi connectivity index (χ1) is 7.81. The molecule has 0 spiro atoms. The second-order valence-electron chi connectivity index (χ2n) is 3.40. The van der Waals surface area contributed by atoms with Crippen LogP contribution in [0.2, 0.25) is 0 Å². The van der Waals surface area contributed by atoms with E-state index in [1.54, 1.807) is 12.1 Å². The van der Waals surface area contributed by atoms with E-state index >= 15 is 0 Å². The summed E-state index contributed by atoms with van der Waals surface area (Å²) in [6.07, 6.45) is -2.63. The van der Waals surface area contributed by atoms with Crippen molar-refractivity contribution in [1.29, 1.82) is 0 Å². The van der Waals surface area contributed by atoms with Crippen LogP contribution in [0.15, 0.2) is 35.3 Å². The molecule has 0 radical (unpaired) electrons. The van der Waals surface area contributed by atoms with Crippen LogP contribution in [0.25, 0.3) is 0 Å². The molecule has 1 aromatic rings. The molecule has 94 valence electrons. The van der Waals surface area contributed by atoms with Gasteiger partial charge in [-0.1, -0.05) is 22.0 Å². The largest absolute Gasteiger partial charge is 0.573 e. The van der Waals surface area contributed by atoms with E-state index in [0.29, 0.717) is 16.5 Å². The van der Waals surface area contributed by atoms with Crippen LogP contribution in [0.4, 0.5) is 13.2 Å². The molecule has 0 aliphatic carbocycles. The molecular formula is C11H11BrF3NO. The third-order valence-corrected chi connectivity index (χ3v) is 2.43. The van der Waals surface area contributed by atoms with E-state index in [1.165, 1.54) is 12.1 Å². The van der Waals surface area contributed by atoms with Gasteiger partial charge in [0.1, 0.15) is 5.75 Å². The normalized spacial score (nSPS) is 13.2. The van der Waals surface area contributed by atoms with Crippen molar-refractivity contribution in [3.8, 4) is 5.75 Å². The fourth-order valence-electron chi connectivity index (χ4n) is 1.31. The van der Waals surface area contributed by atoms with E-state index in [9.17, 15) is 13.2 Å². The number of ether oxygens (including phenoxy) is 1. The molecule has 0 fully saturated rings. The minimum absolute atomic E-state index is 0.290. The zero-order valence-electron chi connectivity index (χ0n) is 8.80. The van der Waals surface area contributed by atoms with E-state index in [2.05, 4.69) is 27.2 Å². The van der Waals surface area contributed by atoms with E-state index in [4.69, 9.17) is 5.73 Å². The van der Waals surface area contributed by atoms with Crippen LogP contribution in [0.1, 0.15) is 18.0 Å². The van der Waals surface area contributed by atoms with Gasteiger partial charge in [-0.15, -0.1) is 19.8 Å². The summed E-state index contributed by atoms with van der Waals surface area (Å²) < 4.78 is 40.5. The minimum atomic E-state index is -4.71. The highest BCUT2D eigenvalue weighted by molar-refractivity contribution is 9.10. The van der Waals surface area contributed by atoms with Crippen LogP contribution in [0, 0.1) is 0 Å². The van der Waals surface area contributed by atoms with Crippen molar-refractivity contribution >= 4 is 15.9 Å². The summed E-state index contributed by atoms with van der Waals surface area (Å²) in [5.74, 6) is -0.290. The van der Waals surface area contributed by atoms with Crippen molar-refractivity contribution in [3.63, 3.8) is 0 Å². The molecule has 0 amide bonds. The highest BCUT2D eigenvalue weighted by Crippen LogP contribution is 2.29. The quantitative estimate of drug-likeness (QED) is 0.855. The molecule has 6 heteroatoms. The molecule has 0 unspecified atom stereocenters. The highest BCUT2D eigenvalue weighted by atomic mass is 79.9. The minimum Gasteiger partial charge on any atom is -0.406 e. The predicted molar refractivity (Wildman–Crippen MR) is 62.6 cm³/mol. The lowest BCUT2D eigenvalue weighted by atomic mass is 10.0. The van der Waals surface area contributed by atoms with Gasteiger partial charge in [0.25, 0.3) is 0 Å². The fraction of sp³-hybridized carbons (Fsp3) is 0.273. The van der Waals surface area contributed by atoms with Gasteiger partial charge in [0, 0.05) is 10.5 Å². The number of nitrogens with two attached hydrogens (primary N) is 1. The second-order valence-corrected chi connectivity index (χ2v) is 4.31. The summed E-state index contributed by atoms with van der Waals surface area (Å²) in [5.41, 5.74) is 6.33. The van der Waals surface area contributed by atoms with Crippen LogP contribution >= 0.6 is 15.9 Å². The molecule has 0 saturated carbocycles. The molecule has 2 nitrogen and oxygen atoms in total. The van der Waals surface area contributed by atoms with Gasteiger partial charge >= 0.3 is 6.36 Å². The monoisotopic (exact) mass is 309 g/mol. The molecular weight excluding hydrogens is 299 g/mol. The lowest BCUT2D eigenvalue weighted by Gasteiger charge is -2.14. The summed E-state index contributed by atoms with van der Waals surface area (Å²) in [6.45, 7) is 3.53. The van der Waals surface area contributed by atoms with Crippen molar-refractivity contribution < 1.29 is 17.9 Å². The molecule has 1 atom stereocenters. The van der Waals surface area contributed by atoms with Gasteiger partial charge in [-0.2, -0.15) is 0 Å². The Morgan fingerprint density at radius 2 is 2.06 bits per heavy atom. The Hall–Kier alpha value is -1.01. The van der Waals surface area contributed by atoms with Crippen molar-refractivity contribution in [1.82, 2.24) is 0 Å². The lowest BCUT2D eigenvalue weighted by molar-refractivity contribution is -0.274. The van der Waals surface area contributed by atoms with Crippen LogP contribution in [0.5, 0.6) is 5.75 Å². The first kappa shape index (κ1) is 14.1. The van der Waals surface area contributed by atoms with Gasteiger partial charge in [0.05, 0.1) is 0 Å². The van der Waals surface area contributed by atoms with Gasteiger partial charge in [0.15, 0.2) is 0 Å². The van der Waals surface area contributed by atoms with Gasteiger partial charge in [-0.3, -0.25) is 0 Å². The molecule has 1 aromatic carbocycles. The Morgan fingerprint density at radius 3 is 2.59 bits per heavy atom. The number of halogens is 4. The topological polar surface area (TPSA) is 35.2 Å². The molecule has 0 aromatic heterocycles. The number of rotatable bonds is 4. The predicted octanol–water partition coefficient (Wildman–Crippen LogP) is 3.92. The van der Waals surface area contributed by atoms with Crippen molar-refractivity contribution in [2.45, 2.75) is 18.8 Å².